The van der Waals surface area contributed by atoms with Crippen molar-refractivity contribution in [3.05, 3.63) is 0 Å². The van der Waals surface area contributed by atoms with Crippen LogP contribution in [0, 0.1) is 0 Å². The highest BCUT2D eigenvalue weighted by atomic mass is 79.9. The van der Waals surface area contributed by atoms with Crippen LogP contribution in [0.1, 0.15) is 45.4 Å². The molecule has 0 saturated heterocycles. The average Bonchev–Trinajstić information content (AvgIpc) is 1.85. The lowest BCUT2D eigenvalue weighted by Gasteiger charge is -2.12. The van der Waals surface area contributed by atoms with E-state index in [0.717, 1.165) is 12.8 Å². The van der Waals surface area contributed by atoms with E-state index in [9.17, 15) is 0 Å². The summed E-state index contributed by atoms with van der Waals surface area (Å²) in [7, 11) is 0. The molecule has 0 radical (unpaired) electrons. The van der Waals surface area contributed by atoms with Gasteiger partial charge in [-0.1, -0.05) is 32.6 Å². The Balaban J connectivity index is 3.02. The summed E-state index contributed by atoms with van der Waals surface area (Å²) in [4.78, 5) is 0. The number of alkyl halides is 1. The number of unbranched alkanes of at least 4 members (excludes halogenated alkanes) is 4. The molecule has 0 amide bonds. The fourth-order valence-corrected chi connectivity index (χ4v) is 1.23. The Morgan fingerprint density at radius 1 is 1.09 bits per heavy atom. The fourth-order valence-electron chi connectivity index (χ4n) is 0.953. The van der Waals surface area contributed by atoms with Crippen molar-refractivity contribution < 1.29 is 10.2 Å². The van der Waals surface area contributed by atoms with Gasteiger partial charge in [-0.3, -0.25) is 0 Å². The van der Waals surface area contributed by atoms with Crippen LogP contribution in [0.3, 0.4) is 0 Å². The van der Waals surface area contributed by atoms with Crippen molar-refractivity contribution in [1.29, 1.82) is 0 Å². The first-order valence-corrected chi connectivity index (χ1v) is 4.99. The molecule has 0 spiro atoms. The maximum absolute atomic E-state index is 8.85. The molecule has 0 bridgehead atoms. The minimum atomic E-state index is -1.64. The number of halogens is 1. The van der Waals surface area contributed by atoms with Crippen LogP contribution < -0.4 is 0 Å². The highest BCUT2D eigenvalue weighted by Crippen LogP contribution is 2.18. The fraction of sp³-hybridized carbons (Fsp3) is 1.00. The number of hydrogen-bond donors (Lipinski definition) is 2. The SMILES string of the molecule is CCCCCCCC(O)(O)Br. The predicted molar refractivity (Wildman–Crippen MR) is 49.5 cm³/mol. The Labute approximate surface area is 76.7 Å². The predicted octanol–water partition coefficient (Wildman–Crippen LogP) is 2.38. The smallest absolute Gasteiger partial charge is 0.221 e. The summed E-state index contributed by atoms with van der Waals surface area (Å²) >= 11 is 2.76. The van der Waals surface area contributed by atoms with E-state index in [0.29, 0.717) is 6.42 Å². The van der Waals surface area contributed by atoms with Gasteiger partial charge in [0.25, 0.3) is 0 Å². The Bertz CT molecular complexity index is 88.6. The van der Waals surface area contributed by atoms with E-state index in [1.165, 1.54) is 19.3 Å². The first-order valence-electron chi connectivity index (χ1n) is 4.20. The van der Waals surface area contributed by atoms with Crippen LogP contribution in [0.25, 0.3) is 0 Å². The van der Waals surface area contributed by atoms with Crippen molar-refractivity contribution in [2.45, 2.75) is 50.1 Å². The zero-order valence-corrected chi connectivity index (χ0v) is 8.60. The van der Waals surface area contributed by atoms with E-state index in [1.54, 1.807) is 0 Å². The summed E-state index contributed by atoms with van der Waals surface area (Å²) < 4.78 is -1.64. The topological polar surface area (TPSA) is 40.5 Å². The third-order valence-corrected chi connectivity index (χ3v) is 1.99. The first kappa shape index (κ1) is 11.4. The van der Waals surface area contributed by atoms with Crippen LogP contribution in [0.5, 0.6) is 0 Å². The molecule has 0 unspecified atom stereocenters. The summed E-state index contributed by atoms with van der Waals surface area (Å²) in [6.07, 6.45) is 6.03. The van der Waals surface area contributed by atoms with Crippen molar-refractivity contribution in [3.8, 4) is 0 Å². The van der Waals surface area contributed by atoms with Gasteiger partial charge < -0.3 is 10.2 Å². The third kappa shape index (κ3) is 10.4. The van der Waals surface area contributed by atoms with E-state index in [4.69, 9.17) is 10.2 Å². The average molecular weight is 225 g/mol. The molecule has 0 saturated carbocycles. The zero-order chi connectivity index (χ0) is 8.74. The Kier molecular flexibility index (Phi) is 6.19. The van der Waals surface area contributed by atoms with Crippen LogP contribution in [-0.4, -0.2) is 14.9 Å². The van der Waals surface area contributed by atoms with Crippen molar-refractivity contribution in [2.75, 3.05) is 0 Å². The van der Waals surface area contributed by atoms with Gasteiger partial charge in [-0.25, -0.2) is 0 Å². The standard InChI is InChI=1S/C8H17BrO2/c1-2-3-4-5-6-7-8(9,10)11/h10-11H,2-7H2,1H3. The molecule has 0 aliphatic carbocycles. The Hall–Kier alpha value is 0.400. The molecule has 3 heteroatoms. The number of hydrogen-bond acceptors (Lipinski definition) is 2. The van der Waals surface area contributed by atoms with Crippen LogP contribution in [0.15, 0.2) is 0 Å². The van der Waals surface area contributed by atoms with Gasteiger partial charge in [0.2, 0.25) is 4.70 Å². The van der Waals surface area contributed by atoms with E-state index >= 15 is 0 Å². The maximum Gasteiger partial charge on any atom is 0.221 e. The van der Waals surface area contributed by atoms with Gasteiger partial charge in [0.05, 0.1) is 0 Å². The number of rotatable bonds is 6. The molecule has 0 fully saturated rings. The first-order chi connectivity index (χ1) is 5.06. The van der Waals surface area contributed by atoms with Crippen molar-refractivity contribution in [2.24, 2.45) is 0 Å². The van der Waals surface area contributed by atoms with Crippen LogP contribution in [0.4, 0.5) is 0 Å². The molecule has 0 rings (SSSR count). The quantitative estimate of drug-likeness (QED) is 0.414. The molecule has 11 heavy (non-hydrogen) atoms. The van der Waals surface area contributed by atoms with Crippen LogP contribution in [0.2, 0.25) is 0 Å². The van der Waals surface area contributed by atoms with Gasteiger partial charge in [0.15, 0.2) is 0 Å². The van der Waals surface area contributed by atoms with E-state index < -0.39 is 4.70 Å². The Morgan fingerprint density at radius 2 is 1.64 bits per heavy atom. The minimum Gasteiger partial charge on any atom is -0.357 e. The Morgan fingerprint density at radius 3 is 2.09 bits per heavy atom. The highest BCUT2D eigenvalue weighted by molar-refractivity contribution is 9.09. The molecule has 0 aliphatic heterocycles. The molecule has 0 heterocycles. The molecule has 0 aliphatic rings. The van der Waals surface area contributed by atoms with E-state index in [1.807, 2.05) is 0 Å². The summed E-state index contributed by atoms with van der Waals surface area (Å²) in [5.74, 6) is 0. The van der Waals surface area contributed by atoms with E-state index in [-0.39, 0.29) is 0 Å². The lowest BCUT2D eigenvalue weighted by atomic mass is 10.1. The monoisotopic (exact) mass is 224 g/mol. The normalized spacial score (nSPS) is 12.0. The van der Waals surface area contributed by atoms with Crippen molar-refractivity contribution >= 4 is 15.9 Å². The maximum atomic E-state index is 8.85. The molecule has 0 aromatic heterocycles. The number of aliphatic hydroxyl groups is 2. The lowest BCUT2D eigenvalue weighted by Crippen LogP contribution is -2.17. The minimum absolute atomic E-state index is 0.413. The molecule has 68 valence electrons. The van der Waals surface area contributed by atoms with Crippen molar-refractivity contribution in [3.63, 3.8) is 0 Å². The van der Waals surface area contributed by atoms with Gasteiger partial charge in [0, 0.05) is 6.42 Å². The highest BCUT2D eigenvalue weighted by Gasteiger charge is 2.15. The van der Waals surface area contributed by atoms with Gasteiger partial charge in [-0.05, 0) is 22.4 Å². The largest absolute Gasteiger partial charge is 0.357 e. The summed E-state index contributed by atoms with van der Waals surface area (Å²) in [6, 6.07) is 0. The zero-order valence-electron chi connectivity index (χ0n) is 7.02. The summed E-state index contributed by atoms with van der Waals surface area (Å²) in [5.41, 5.74) is 0. The second kappa shape index (κ2) is 5.98. The van der Waals surface area contributed by atoms with Gasteiger partial charge in [0.1, 0.15) is 0 Å². The molecule has 0 aromatic carbocycles. The van der Waals surface area contributed by atoms with E-state index in [2.05, 4.69) is 22.9 Å². The van der Waals surface area contributed by atoms with Crippen molar-refractivity contribution in [1.82, 2.24) is 0 Å². The van der Waals surface area contributed by atoms with Gasteiger partial charge >= 0.3 is 0 Å². The van der Waals surface area contributed by atoms with Crippen LogP contribution >= 0.6 is 15.9 Å². The summed E-state index contributed by atoms with van der Waals surface area (Å²) in [5, 5.41) is 17.7. The molecule has 0 aromatic rings. The lowest BCUT2D eigenvalue weighted by molar-refractivity contribution is -0.0753. The summed E-state index contributed by atoms with van der Waals surface area (Å²) in [6.45, 7) is 2.16. The molecular weight excluding hydrogens is 208 g/mol. The third-order valence-electron chi connectivity index (χ3n) is 1.60. The van der Waals surface area contributed by atoms with Gasteiger partial charge in [-0.15, -0.1) is 0 Å². The molecule has 2 N–H and O–H groups in total. The second-order valence-electron chi connectivity index (χ2n) is 2.88. The molecule has 2 nitrogen and oxygen atoms in total. The van der Waals surface area contributed by atoms with Crippen LogP contribution in [-0.2, 0) is 0 Å². The van der Waals surface area contributed by atoms with Gasteiger partial charge in [-0.2, -0.15) is 0 Å². The molecular formula is C8H17BrO2. The second-order valence-corrected chi connectivity index (χ2v) is 4.15. The molecule has 0 atom stereocenters.